The van der Waals surface area contributed by atoms with Crippen LogP contribution in [0.1, 0.15) is 37.1 Å². The number of aromatic hydroxyl groups is 1. The molecule has 7 heterocycles. The van der Waals surface area contributed by atoms with Gasteiger partial charge in [-0.2, -0.15) is 0 Å². The molecule has 6 aliphatic heterocycles. The number of nitrogens with one attached hydrogen (secondary N) is 5. The number of benzene rings is 2. The Kier molecular flexibility index (Phi) is 16.8. The molecular weight excluding hydrogens is 1120 g/mol. The number of piperazine rings is 2. The number of imide groups is 2. The third-order valence-corrected chi connectivity index (χ3v) is 17.3. The van der Waals surface area contributed by atoms with Gasteiger partial charge < -0.3 is 56.1 Å². The number of aliphatic carboxylic acids is 1. The highest BCUT2D eigenvalue weighted by molar-refractivity contribution is 8.01. The number of amides is 11. The topological polar surface area (TPSA) is 384 Å². The lowest BCUT2D eigenvalue weighted by Gasteiger charge is -2.49. The summed E-state index contributed by atoms with van der Waals surface area (Å²) in [6.45, 7) is 3.26. The summed E-state index contributed by atoms with van der Waals surface area (Å²) in [7, 11) is 1.60. The van der Waals surface area contributed by atoms with Gasteiger partial charge in [0, 0.05) is 69.1 Å². The molecule has 426 valence electrons. The number of ether oxygens (including phenoxy) is 2. The van der Waals surface area contributed by atoms with Gasteiger partial charge in [-0.25, -0.2) is 28.7 Å². The zero-order valence-corrected chi connectivity index (χ0v) is 45.5. The summed E-state index contributed by atoms with van der Waals surface area (Å²) in [6.07, 6.45) is 0. The molecule has 3 fully saturated rings. The summed E-state index contributed by atoms with van der Waals surface area (Å²) >= 11 is 3.43. The maximum absolute atomic E-state index is 14.5. The van der Waals surface area contributed by atoms with Gasteiger partial charge in [-0.3, -0.25) is 48.3 Å². The van der Waals surface area contributed by atoms with Gasteiger partial charge in [-0.1, -0.05) is 36.0 Å². The standard InChI is InChI=1S/C48H50N14O16S3/c1-4-58-14-16-60(40(69)38(58)67)46(75)52-28(22-6-10-26(63)11-7-22)34(64)49-31(36-51-30-24(19-79-36)18-77-44(30)73)45(74)78-27-12-8-23(9-13-27)29(53-47(76)61-17-15-59(5-2)39(68)41(61)70)35(65)50-32-37(66)62-33(43(71)72)25(20-80-42(32)62)21-81-48-54-55-56-57(48)3/h6-13,28-29,31-32,36,42,51,63H,4-5,14-21H2,1-3H3,(H,49,64)(H,50,65)(H,52,75)(H,53,76)(H,71,72)/t28-,29-,31?,32-,36-,42-/m1/s1. The molecule has 81 heavy (non-hydrogen) atoms. The molecule has 33 heteroatoms. The maximum Gasteiger partial charge on any atom is 0.354 e. The number of tetrazole rings is 1. The summed E-state index contributed by atoms with van der Waals surface area (Å²) in [5.41, 5.74) is 0.806. The molecule has 3 saturated heterocycles. The van der Waals surface area contributed by atoms with Gasteiger partial charge >= 0.3 is 53.6 Å². The molecule has 7 N–H and O–H groups in total. The summed E-state index contributed by atoms with van der Waals surface area (Å²) in [5, 5.41) is 43.0. The first-order valence-corrected chi connectivity index (χ1v) is 27.9. The zero-order chi connectivity index (χ0) is 58.0. The highest BCUT2D eigenvalue weighted by Crippen LogP contribution is 2.42. The van der Waals surface area contributed by atoms with Crippen molar-refractivity contribution in [3.05, 3.63) is 82.2 Å². The number of aromatic nitrogens is 4. The highest BCUT2D eigenvalue weighted by Gasteiger charge is 2.55. The molecule has 0 bridgehead atoms. The van der Waals surface area contributed by atoms with Crippen LogP contribution in [0.3, 0.4) is 0 Å². The largest absolute Gasteiger partial charge is 0.508 e. The number of likely N-dealkylation sites (N-methyl/N-ethyl adjacent to an activating group) is 2. The molecular formula is C48H50N14O16S3. The number of carbonyl (C=O) groups is 12. The van der Waals surface area contributed by atoms with Crippen LogP contribution < -0.4 is 31.3 Å². The first-order chi connectivity index (χ1) is 38.8. The molecule has 1 aromatic heterocycles. The minimum atomic E-state index is -1.72. The van der Waals surface area contributed by atoms with E-state index in [0.717, 1.165) is 28.4 Å². The molecule has 6 atom stereocenters. The van der Waals surface area contributed by atoms with E-state index in [1.165, 1.54) is 74.8 Å². The summed E-state index contributed by atoms with van der Waals surface area (Å²) in [5.74, 6) is -10.2. The first-order valence-electron chi connectivity index (χ1n) is 24.8. The summed E-state index contributed by atoms with van der Waals surface area (Å²) in [6, 6.07) is 1.34. The Morgan fingerprint density at radius 3 is 1.95 bits per heavy atom. The van der Waals surface area contributed by atoms with Crippen LogP contribution in [-0.4, -0.2) is 212 Å². The van der Waals surface area contributed by atoms with Gasteiger partial charge in [0.15, 0.2) is 6.04 Å². The number of aryl methyl sites for hydroxylation is 1. The van der Waals surface area contributed by atoms with Gasteiger partial charge in [0.1, 0.15) is 58.4 Å². The third kappa shape index (κ3) is 11.7. The number of β-lactam (4-membered cyclic amide) rings is 1. The van der Waals surface area contributed by atoms with E-state index in [0.29, 0.717) is 26.1 Å². The van der Waals surface area contributed by atoms with Crippen LogP contribution in [-0.2, 0) is 59.7 Å². The predicted molar refractivity (Wildman–Crippen MR) is 279 cm³/mol. The molecule has 0 saturated carbocycles. The second kappa shape index (κ2) is 23.9. The second-order valence-electron chi connectivity index (χ2n) is 18.5. The normalized spacial score (nSPS) is 21.0. The Morgan fingerprint density at radius 1 is 0.790 bits per heavy atom. The molecule has 0 radical (unpaired) electrons. The van der Waals surface area contributed by atoms with E-state index >= 15 is 0 Å². The molecule has 0 spiro atoms. The van der Waals surface area contributed by atoms with Crippen molar-refractivity contribution < 1.29 is 77.2 Å². The van der Waals surface area contributed by atoms with E-state index in [-0.39, 0.29) is 97.2 Å². The van der Waals surface area contributed by atoms with Crippen LogP contribution in [0, 0.1) is 0 Å². The van der Waals surface area contributed by atoms with E-state index in [4.69, 9.17) is 9.47 Å². The predicted octanol–water partition coefficient (Wildman–Crippen LogP) is -2.11. The van der Waals surface area contributed by atoms with Crippen LogP contribution >= 0.6 is 35.3 Å². The number of phenolic OH excluding ortho intramolecular Hbond substituents is 1. The Bertz CT molecular complexity index is 3210. The number of carbonyl (C=O) groups excluding carboxylic acids is 11. The fourth-order valence-electron chi connectivity index (χ4n) is 9.21. The number of urea groups is 2. The van der Waals surface area contributed by atoms with Crippen LogP contribution in [0.15, 0.2) is 76.2 Å². The van der Waals surface area contributed by atoms with Crippen molar-refractivity contribution in [3.8, 4) is 11.5 Å². The SMILES string of the molecule is CCN1CCN(C(=O)N[C@@H](C(=O)NC(C(=O)Oc2ccc([C@@H](NC(=O)N3CCN(CC)C(=O)C3=O)C(=O)N[C@@H]3C(=O)N4C(C(=O)O)=C(CSc5nnnn5C)CS[C@H]34)cc2)[C@@H]2NC3=C(COC3=O)CS2)c2ccc(O)cc2)C(=O)C1=O. The van der Waals surface area contributed by atoms with Crippen molar-refractivity contribution in [1.29, 1.82) is 0 Å². The monoisotopic (exact) mass is 1170 g/mol. The van der Waals surface area contributed by atoms with E-state index in [1.54, 1.807) is 20.9 Å². The number of thioether (sulfide) groups is 3. The van der Waals surface area contributed by atoms with Crippen LogP contribution in [0.2, 0.25) is 0 Å². The fraction of sp³-hybridized carbons (Fsp3) is 0.396. The smallest absolute Gasteiger partial charge is 0.354 e. The van der Waals surface area contributed by atoms with Crippen LogP contribution in [0.4, 0.5) is 9.59 Å². The molecule has 3 aromatic rings. The molecule has 0 aliphatic carbocycles. The van der Waals surface area contributed by atoms with Crippen LogP contribution in [0.25, 0.3) is 0 Å². The average molecular weight is 1180 g/mol. The number of rotatable bonds is 17. The third-order valence-electron chi connectivity index (χ3n) is 13.6. The van der Waals surface area contributed by atoms with Crippen molar-refractivity contribution in [2.24, 2.45) is 7.05 Å². The molecule has 2 aromatic carbocycles. The lowest BCUT2D eigenvalue weighted by atomic mass is 10.0. The van der Waals surface area contributed by atoms with Gasteiger partial charge in [-0.15, -0.1) is 28.6 Å². The first kappa shape index (κ1) is 57.0. The fourth-order valence-corrected chi connectivity index (χ4v) is 12.7. The molecule has 1 unspecified atom stereocenters. The number of esters is 2. The van der Waals surface area contributed by atoms with Gasteiger partial charge in [0.25, 0.3) is 5.91 Å². The number of carboxylic acid groups (broad SMARTS) is 1. The Labute approximate surface area is 471 Å². The summed E-state index contributed by atoms with van der Waals surface area (Å²) < 4.78 is 12.4. The molecule has 6 aliphatic rings. The van der Waals surface area contributed by atoms with Crippen molar-refractivity contribution in [2.75, 3.05) is 63.1 Å². The number of hydrogen-bond donors (Lipinski definition) is 7. The number of fused-ring (bicyclic) bond motifs is 1. The Morgan fingerprint density at radius 2 is 1.38 bits per heavy atom. The van der Waals surface area contributed by atoms with Gasteiger partial charge in [0.05, 0.1) is 0 Å². The molecule has 11 amide bonds. The quantitative estimate of drug-likeness (QED) is 0.0250. The van der Waals surface area contributed by atoms with Gasteiger partial charge in [-0.05, 0) is 65.2 Å². The van der Waals surface area contributed by atoms with E-state index < -0.39 is 106 Å². The van der Waals surface area contributed by atoms with E-state index in [1.807, 2.05) is 0 Å². The number of carboxylic acids is 1. The number of nitrogens with zero attached hydrogens (tertiary/aromatic N) is 9. The van der Waals surface area contributed by atoms with Crippen molar-refractivity contribution in [3.63, 3.8) is 0 Å². The van der Waals surface area contributed by atoms with Crippen LogP contribution in [0.5, 0.6) is 11.5 Å². The van der Waals surface area contributed by atoms with E-state index in [2.05, 4.69) is 42.1 Å². The van der Waals surface area contributed by atoms with Crippen molar-refractivity contribution >= 4 is 107 Å². The lowest BCUT2D eigenvalue weighted by Crippen LogP contribution is -2.71. The molecule has 30 nitrogen and oxygen atoms in total. The minimum Gasteiger partial charge on any atom is -0.508 e. The minimum absolute atomic E-state index is 0.00270. The Hall–Kier alpha value is -8.72. The van der Waals surface area contributed by atoms with Crippen molar-refractivity contribution in [2.45, 2.75) is 53.9 Å². The highest BCUT2D eigenvalue weighted by atomic mass is 32.2. The number of cyclic esters (lactones) is 1. The summed E-state index contributed by atoms with van der Waals surface area (Å²) in [4.78, 5) is 166. The second-order valence-corrected chi connectivity index (χ2v) is 21.7. The molecule has 9 rings (SSSR count). The van der Waals surface area contributed by atoms with Crippen molar-refractivity contribution in [1.82, 2.24) is 71.3 Å². The maximum atomic E-state index is 14.5. The lowest BCUT2D eigenvalue weighted by molar-refractivity contribution is -0.153. The zero-order valence-electron chi connectivity index (χ0n) is 43.0. The Balaban J connectivity index is 0.957. The number of phenols is 1. The average Bonchev–Trinajstić information content (AvgIpc) is 3.82. The number of hydrogen-bond acceptors (Lipinski definition) is 22. The van der Waals surface area contributed by atoms with E-state index in [9.17, 15) is 67.7 Å². The van der Waals surface area contributed by atoms with Gasteiger partial charge in [0.2, 0.25) is 17.0 Å².